The van der Waals surface area contributed by atoms with Crippen LogP contribution in [0, 0.1) is 17.3 Å². The van der Waals surface area contributed by atoms with Gasteiger partial charge in [-0.3, -0.25) is 0 Å². The van der Waals surface area contributed by atoms with E-state index in [0.717, 1.165) is 12.5 Å². The van der Waals surface area contributed by atoms with Crippen LogP contribution in [0.1, 0.15) is 47.0 Å². The molecule has 1 aliphatic rings. The van der Waals surface area contributed by atoms with Crippen molar-refractivity contribution in [2.45, 2.75) is 53.0 Å². The fourth-order valence-electron chi connectivity index (χ4n) is 2.51. The van der Waals surface area contributed by atoms with Gasteiger partial charge in [-0.1, -0.05) is 27.7 Å². The molecule has 0 bridgehead atoms. The Kier molecular flexibility index (Phi) is 5.26. The molecule has 1 fully saturated rings. The Morgan fingerprint density at radius 3 is 2.19 bits per heavy atom. The molecule has 0 aromatic heterocycles. The number of hydrogen-bond acceptors (Lipinski definition) is 2. The van der Waals surface area contributed by atoms with Gasteiger partial charge in [-0.25, -0.2) is 0 Å². The van der Waals surface area contributed by atoms with E-state index in [1.165, 1.54) is 25.8 Å². The van der Waals surface area contributed by atoms with E-state index < -0.39 is 0 Å². The molecule has 0 radical (unpaired) electrons. The van der Waals surface area contributed by atoms with Gasteiger partial charge in [0.1, 0.15) is 0 Å². The highest BCUT2D eigenvalue weighted by molar-refractivity contribution is 4.96. The lowest BCUT2D eigenvalue weighted by molar-refractivity contribution is 0.142. The highest BCUT2D eigenvalue weighted by atomic mass is 16.5. The van der Waals surface area contributed by atoms with E-state index in [0.29, 0.717) is 17.4 Å². The molecule has 0 aromatic carbocycles. The summed E-state index contributed by atoms with van der Waals surface area (Å²) in [5, 5.41) is 3.70. The molecule has 0 amide bonds. The first-order chi connectivity index (χ1) is 7.49. The SMILES string of the molecule is COCC(NCC1(CC(C)C)CC1)C(C)C. The van der Waals surface area contributed by atoms with E-state index in [2.05, 4.69) is 33.0 Å². The molecule has 1 atom stereocenters. The third kappa shape index (κ3) is 4.42. The monoisotopic (exact) mass is 227 g/mol. The van der Waals surface area contributed by atoms with Crippen LogP contribution in [0.25, 0.3) is 0 Å². The van der Waals surface area contributed by atoms with Gasteiger partial charge in [-0.15, -0.1) is 0 Å². The van der Waals surface area contributed by atoms with Crippen molar-refractivity contribution in [1.29, 1.82) is 0 Å². The van der Waals surface area contributed by atoms with Crippen molar-refractivity contribution in [1.82, 2.24) is 5.32 Å². The average Bonchev–Trinajstić information content (AvgIpc) is 2.91. The summed E-state index contributed by atoms with van der Waals surface area (Å²) in [7, 11) is 1.79. The third-order valence-electron chi connectivity index (χ3n) is 3.69. The molecule has 16 heavy (non-hydrogen) atoms. The lowest BCUT2D eigenvalue weighted by Crippen LogP contribution is -2.41. The molecule has 0 heterocycles. The van der Waals surface area contributed by atoms with Gasteiger partial charge in [-0.05, 0) is 36.5 Å². The zero-order valence-electron chi connectivity index (χ0n) is 11.7. The van der Waals surface area contributed by atoms with E-state index >= 15 is 0 Å². The minimum atomic E-state index is 0.509. The molecule has 1 saturated carbocycles. The summed E-state index contributed by atoms with van der Waals surface area (Å²) in [6, 6.07) is 0.509. The van der Waals surface area contributed by atoms with Gasteiger partial charge in [0.2, 0.25) is 0 Å². The van der Waals surface area contributed by atoms with Crippen molar-refractivity contribution < 1.29 is 4.74 Å². The fraction of sp³-hybridized carbons (Fsp3) is 1.00. The zero-order valence-corrected chi connectivity index (χ0v) is 11.7. The highest BCUT2D eigenvalue weighted by Gasteiger charge is 2.42. The summed E-state index contributed by atoms with van der Waals surface area (Å²) in [6.45, 7) is 11.2. The number of methoxy groups -OCH3 is 1. The molecule has 2 nitrogen and oxygen atoms in total. The van der Waals surface area contributed by atoms with Gasteiger partial charge in [0.25, 0.3) is 0 Å². The van der Waals surface area contributed by atoms with E-state index in [1.54, 1.807) is 7.11 Å². The van der Waals surface area contributed by atoms with Crippen molar-refractivity contribution in [2.75, 3.05) is 20.3 Å². The van der Waals surface area contributed by atoms with Crippen LogP contribution in [0.2, 0.25) is 0 Å². The fourth-order valence-corrected chi connectivity index (χ4v) is 2.51. The van der Waals surface area contributed by atoms with Gasteiger partial charge in [0.05, 0.1) is 6.61 Å². The maximum atomic E-state index is 5.27. The van der Waals surface area contributed by atoms with Crippen LogP contribution in [0.3, 0.4) is 0 Å². The molecule has 2 heteroatoms. The second-order valence-corrected chi connectivity index (χ2v) is 6.28. The van der Waals surface area contributed by atoms with Gasteiger partial charge < -0.3 is 10.1 Å². The largest absolute Gasteiger partial charge is 0.383 e. The minimum absolute atomic E-state index is 0.509. The predicted octanol–water partition coefficient (Wildman–Crippen LogP) is 3.07. The Hall–Kier alpha value is -0.0800. The highest BCUT2D eigenvalue weighted by Crippen LogP contribution is 2.50. The summed E-state index contributed by atoms with van der Waals surface area (Å²) in [5.41, 5.74) is 0.620. The lowest BCUT2D eigenvalue weighted by Gasteiger charge is -2.26. The quantitative estimate of drug-likeness (QED) is 0.688. The predicted molar refractivity (Wildman–Crippen MR) is 69.6 cm³/mol. The Bertz CT molecular complexity index is 197. The molecule has 1 N–H and O–H groups in total. The Labute approximate surface area is 101 Å². The van der Waals surface area contributed by atoms with E-state index in [1.807, 2.05) is 0 Å². The van der Waals surface area contributed by atoms with Gasteiger partial charge in [-0.2, -0.15) is 0 Å². The van der Waals surface area contributed by atoms with Crippen molar-refractivity contribution in [2.24, 2.45) is 17.3 Å². The first kappa shape index (κ1) is 14.0. The summed E-state index contributed by atoms with van der Waals surface area (Å²) in [5.74, 6) is 1.47. The Balaban J connectivity index is 2.31. The second-order valence-electron chi connectivity index (χ2n) is 6.28. The standard InChI is InChI=1S/C14H29NO/c1-11(2)8-14(6-7-14)10-15-13(9-16-5)12(3)4/h11-13,15H,6-10H2,1-5H3. The number of hydrogen-bond donors (Lipinski definition) is 1. The van der Waals surface area contributed by atoms with Gasteiger partial charge in [0, 0.05) is 19.7 Å². The molecule has 0 saturated heterocycles. The van der Waals surface area contributed by atoms with Crippen LogP contribution < -0.4 is 5.32 Å². The van der Waals surface area contributed by atoms with Crippen molar-refractivity contribution in [3.8, 4) is 0 Å². The first-order valence-electron chi connectivity index (χ1n) is 6.71. The van der Waals surface area contributed by atoms with Crippen LogP contribution in [0.4, 0.5) is 0 Å². The van der Waals surface area contributed by atoms with Crippen molar-refractivity contribution >= 4 is 0 Å². The van der Waals surface area contributed by atoms with Crippen LogP contribution in [0.5, 0.6) is 0 Å². The van der Waals surface area contributed by atoms with Gasteiger partial charge in [0.15, 0.2) is 0 Å². The first-order valence-corrected chi connectivity index (χ1v) is 6.71. The molecule has 0 aliphatic heterocycles. The molecular weight excluding hydrogens is 198 g/mol. The Morgan fingerprint density at radius 2 is 1.81 bits per heavy atom. The summed E-state index contributed by atoms with van der Waals surface area (Å²) >= 11 is 0. The summed E-state index contributed by atoms with van der Waals surface area (Å²) < 4.78 is 5.27. The van der Waals surface area contributed by atoms with Crippen LogP contribution >= 0.6 is 0 Å². The smallest absolute Gasteiger partial charge is 0.0618 e. The topological polar surface area (TPSA) is 21.3 Å². The van der Waals surface area contributed by atoms with Crippen molar-refractivity contribution in [3.63, 3.8) is 0 Å². The summed E-state index contributed by atoms with van der Waals surface area (Å²) in [4.78, 5) is 0. The molecule has 1 aliphatic carbocycles. The molecular formula is C14H29NO. The third-order valence-corrected chi connectivity index (χ3v) is 3.69. The van der Waals surface area contributed by atoms with Crippen LogP contribution in [-0.2, 0) is 4.74 Å². The number of ether oxygens (including phenoxy) is 1. The van der Waals surface area contributed by atoms with E-state index in [4.69, 9.17) is 4.74 Å². The Morgan fingerprint density at radius 1 is 1.19 bits per heavy atom. The summed E-state index contributed by atoms with van der Waals surface area (Å²) in [6.07, 6.45) is 4.20. The maximum Gasteiger partial charge on any atom is 0.0618 e. The normalized spacial score (nSPS) is 20.4. The molecule has 0 aromatic rings. The minimum Gasteiger partial charge on any atom is -0.383 e. The zero-order chi connectivity index (χ0) is 12.2. The van der Waals surface area contributed by atoms with Gasteiger partial charge >= 0.3 is 0 Å². The molecule has 96 valence electrons. The van der Waals surface area contributed by atoms with Crippen LogP contribution in [0.15, 0.2) is 0 Å². The number of nitrogens with one attached hydrogen (secondary N) is 1. The van der Waals surface area contributed by atoms with Crippen LogP contribution in [-0.4, -0.2) is 26.3 Å². The molecule has 1 unspecified atom stereocenters. The van der Waals surface area contributed by atoms with E-state index in [9.17, 15) is 0 Å². The lowest BCUT2D eigenvalue weighted by atomic mass is 9.93. The molecule has 1 rings (SSSR count). The average molecular weight is 227 g/mol. The van der Waals surface area contributed by atoms with E-state index in [-0.39, 0.29) is 0 Å². The van der Waals surface area contributed by atoms with Crippen molar-refractivity contribution in [3.05, 3.63) is 0 Å². The maximum absolute atomic E-state index is 5.27. The second kappa shape index (κ2) is 6.02. The molecule has 0 spiro atoms. The number of rotatable bonds is 8.